The molecular weight excluding hydrogens is 445 g/mol. The molecule has 1 heterocycles. The monoisotopic (exact) mass is 467 g/mol. The number of carbonyl (C=O) groups excluding carboxylic acids is 4. The molecule has 2 aromatic carbocycles. The first-order chi connectivity index (χ1) is 15.8. The molecule has 2 fully saturated rings. The summed E-state index contributed by atoms with van der Waals surface area (Å²) in [4.78, 5) is 50.7. The molecule has 2 N–H and O–H groups in total. The van der Waals surface area contributed by atoms with Crippen molar-refractivity contribution in [3.63, 3.8) is 0 Å². The molecule has 0 radical (unpaired) electrons. The van der Waals surface area contributed by atoms with Gasteiger partial charge in [-0.2, -0.15) is 0 Å². The van der Waals surface area contributed by atoms with Crippen LogP contribution in [0.25, 0.3) is 6.08 Å². The number of hydrogen-bond acceptors (Lipinski definition) is 5. The number of nitrogens with one attached hydrogen (secondary N) is 2. The van der Waals surface area contributed by atoms with Gasteiger partial charge in [0, 0.05) is 30.3 Å². The van der Waals surface area contributed by atoms with Crippen molar-refractivity contribution in [2.45, 2.75) is 13.3 Å². The average molecular weight is 468 g/mol. The minimum absolute atomic E-state index is 0.0210. The van der Waals surface area contributed by atoms with Gasteiger partial charge in [-0.3, -0.25) is 24.1 Å². The number of carbonyl (C=O) groups is 4. The summed E-state index contributed by atoms with van der Waals surface area (Å²) in [6.07, 6.45) is 2.41. The average Bonchev–Trinajstić information content (AvgIpc) is 3.47. The van der Waals surface area contributed by atoms with Crippen LogP contribution in [0.1, 0.15) is 29.3 Å². The highest BCUT2D eigenvalue weighted by Gasteiger charge is 2.39. The second kappa shape index (κ2) is 9.58. The van der Waals surface area contributed by atoms with Gasteiger partial charge in [0.15, 0.2) is 0 Å². The van der Waals surface area contributed by atoms with Crippen LogP contribution >= 0.6 is 11.8 Å². The Labute approximate surface area is 194 Å². The van der Waals surface area contributed by atoms with E-state index in [1.807, 2.05) is 6.92 Å². The van der Waals surface area contributed by atoms with Crippen molar-refractivity contribution in [3.8, 4) is 0 Å². The Hall–Kier alpha value is -3.46. The summed E-state index contributed by atoms with van der Waals surface area (Å²) >= 11 is 0.803. The molecule has 0 aromatic heterocycles. The molecule has 1 saturated carbocycles. The molecular formula is C24H22FN3O4S. The summed E-state index contributed by atoms with van der Waals surface area (Å²) in [6, 6.07) is 12.2. The van der Waals surface area contributed by atoms with E-state index < -0.39 is 11.1 Å². The van der Waals surface area contributed by atoms with Crippen LogP contribution in [0, 0.1) is 17.7 Å². The van der Waals surface area contributed by atoms with E-state index in [0.29, 0.717) is 22.7 Å². The predicted octanol–water partition coefficient (Wildman–Crippen LogP) is 3.89. The molecule has 1 saturated heterocycles. The summed E-state index contributed by atoms with van der Waals surface area (Å²) in [5.74, 6) is -0.855. The minimum atomic E-state index is -0.456. The van der Waals surface area contributed by atoms with E-state index in [-0.39, 0.29) is 41.5 Å². The highest BCUT2D eigenvalue weighted by Crippen LogP contribution is 2.38. The third-order valence-corrected chi connectivity index (χ3v) is 6.41. The molecule has 0 bridgehead atoms. The number of rotatable bonds is 7. The van der Waals surface area contributed by atoms with Crippen LogP contribution in [-0.2, 0) is 9.59 Å². The largest absolute Gasteiger partial charge is 0.350 e. The number of halogens is 1. The van der Waals surface area contributed by atoms with Gasteiger partial charge in [-0.1, -0.05) is 25.1 Å². The zero-order chi connectivity index (χ0) is 23.5. The topological polar surface area (TPSA) is 95.6 Å². The van der Waals surface area contributed by atoms with Gasteiger partial charge in [-0.15, -0.1) is 0 Å². The first-order valence-electron chi connectivity index (χ1n) is 10.5. The molecule has 170 valence electrons. The standard InChI is InChI=1S/C24H22FN3O4S/c1-14-11-19(14)22(30)27-18-4-2-3-16(13-18)21(29)26-9-10-28-23(31)20(33-24(28)32)12-15-5-7-17(25)8-6-15/h2-8,12-14,19H,9-11H2,1H3,(H,26,29)(H,27,30)/b20-12-. The number of nitrogens with zero attached hydrogens (tertiary/aromatic N) is 1. The molecule has 4 amide bonds. The summed E-state index contributed by atoms with van der Waals surface area (Å²) in [6.45, 7) is 2.12. The zero-order valence-corrected chi connectivity index (χ0v) is 18.7. The van der Waals surface area contributed by atoms with Crippen molar-refractivity contribution < 1.29 is 23.6 Å². The SMILES string of the molecule is CC1CC1C(=O)Nc1cccc(C(=O)NCCN2C(=O)S/C(=C\c3ccc(F)cc3)C2=O)c1. The minimum Gasteiger partial charge on any atom is -0.350 e. The first-order valence-corrected chi connectivity index (χ1v) is 11.3. The Morgan fingerprint density at radius 2 is 1.91 bits per heavy atom. The summed E-state index contributed by atoms with van der Waals surface area (Å²) in [7, 11) is 0. The third kappa shape index (κ3) is 5.48. The maximum atomic E-state index is 13.0. The number of amides is 4. The lowest BCUT2D eigenvalue weighted by Crippen LogP contribution is -2.37. The Morgan fingerprint density at radius 1 is 1.18 bits per heavy atom. The van der Waals surface area contributed by atoms with Crippen LogP contribution in [0.2, 0.25) is 0 Å². The van der Waals surface area contributed by atoms with Crippen molar-refractivity contribution in [1.82, 2.24) is 10.2 Å². The fraction of sp³-hybridized carbons (Fsp3) is 0.250. The molecule has 7 nitrogen and oxygen atoms in total. The van der Waals surface area contributed by atoms with Crippen LogP contribution in [0.5, 0.6) is 0 Å². The van der Waals surface area contributed by atoms with E-state index in [4.69, 9.17) is 0 Å². The number of thioether (sulfide) groups is 1. The Morgan fingerprint density at radius 3 is 2.61 bits per heavy atom. The second-order valence-electron chi connectivity index (χ2n) is 8.03. The second-order valence-corrected chi connectivity index (χ2v) is 9.02. The number of imide groups is 1. The third-order valence-electron chi connectivity index (χ3n) is 5.50. The molecule has 1 aliphatic carbocycles. The van der Waals surface area contributed by atoms with Gasteiger partial charge in [-0.25, -0.2) is 4.39 Å². The van der Waals surface area contributed by atoms with Crippen LogP contribution in [0.3, 0.4) is 0 Å². The fourth-order valence-electron chi connectivity index (χ4n) is 3.45. The first kappa shape index (κ1) is 22.7. The molecule has 2 aromatic rings. The van der Waals surface area contributed by atoms with Gasteiger partial charge in [-0.05, 0) is 66.1 Å². The van der Waals surface area contributed by atoms with E-state index >= 15 is 0 Å². The number of anilines is 1. The van der Waals surface area contributed by atoms with Crippen molar-refractivity contribution in [3.05, 3.63) is 70.4 Å². The highest BCUT2D eigenvalue weighted by molar-refractivity contribution is 8.18. The maximum Gasteiger partial charge on any atom is 0.293 e. The van der Waals surface area contributed by atoms with Crippen molar-refractivity contribution >= 4 is 46.5 Å². The molecule has 2 aliphatic rings. The van der Waals surface area contributed by atoms with Gasteiger partial charge < -0.3 is 10.6 Å². The van der Waals surface area contributed by atoms with Gasteiger partial charge in [0.1, 0.15) is 5.82 Å². The molecule has 1 aliphatic heterocycles. The lowest BCUT2D eigenvalue weighted by molar-refractivity contribution is -0.122. The summed E-state index contributed by atoms with van der Waals surface area (Å²) in [5, 5.41) is 5.09. The molecule has 0 spiro atoms. The lowest BCUT2D eigenvalue weighted by atomic mass is 10.2. The normalized spacial score (nSPS) is 20.8. The van der Waals surface area contributed by atoms with Crippen LogP contribution < -0.4 is 10.6 Å². The molecule has 2 unspecified atom stereocenters. The van der Waals surface area contributed by atoms with Gasteiger partial charge in [0.2, 0.25) is 5.91 Å². The molecule has 4 rings (SSSR count). The van der Waals surface area contributed by atoms with Gasteiger partial charge >= 0.3 is 0 Å². The van der Waals surface area contributed by atoms with Crippen LogP contribution in [0.4, 0.5) is 14.9 Å². The van der Waals surface area contributed by atoms with Crippen LogP contribution in [-0.4, -0.2) is 41.0 Å². The Kier molecular flexibility index (Phi) is 6.60. The van der Waals surface area contributed by atoms with E-state index in [2.05, 4.69) is 10.6 Å². The van der Waals surface area contributed by atoms with E-state index in [1.54, 1.807) is 24.3 Å². The maximum absolute atomic E-state index is 13.0. The lowest BCUT2D eigenvalue weighted by Gasteiger charge is -2.13. The van der Waals surface area contributed by atoms with Gasteiger partial charge in [0.05, 0.1) is 4.91 Å². The molecule has 2 atom stereocenters. The zero-order valence-electron chi connectivity index (χ0n) is 17.8. The quantitative estimate of drug-likeness (QED) is 0.603. The number of hydrogen-bond donors (Lipinski definition) is 2. The van der Waals surface area contributed by atoms with E-state index in [0.717, 1.165) is 23.1 Å². The van der Waals surface area contributed by atoms with E-state index in [9.17, 15) is 23.6 Å². The Bertz CT molecular complexity index is 1150. The molecule has 33 heavy (non-hydrogen) atoms. The molecule has 9 heteroatoms. The smallest absolute Gasteiger partial charge is 0.293 e. The fourth-order valence-corrected chi connectivity index (χ4v) is 4.31. The Balaban J connectivity index is 1.31. The van der Waals surface area contributed by atoms with Crippen molar-refractivity contribution in [1.29, 1.82) is 0 Å². The predicted molar refractivity (Wildman–Crippen MR) is 124 cm³/mol. The van der Waals surface area contributed by atoms with Crippen molar-refractivity contribution in [2.24, 2.45) is 11.8 Å². The highest BCUT2D eigenvalue weighted by atomic mass is 32.2. The van der Waals surface area contributed by atoms with E-state index in [1.165, 1.54) is 30.3 Å². The number of benzene rings is 2. The summed E-state index contributed by atoms with van der Waals surface area (Å²) in [5.41, 5.74) is 1.52. The van der Waals surface area contributed by atoms with Crippen molar-refractivity contribution in [2.75, 3.05) is 18.4 Å². The van der Waals surface area contributed by atoms with Crippen LogP contribution in [0.15, 0.2) is 53.4 Å². The summed E-state index contributed by atoms with van der Waals surface area (Å²) < 4.78 is 13.0. The van der Waals surface area contributed by atoms with Gasteiger partial charge in [0.25, 0.3) is 17.1 Å².